The van der Waals surface area contributed by atoms with Crippen LogP contribution in [0.3, 0.4) is 0 Å². The van der Waals surface area contributed by atoms with E-state index in [9.17, 15) is 9.90 Å². The van der Waals surface area contributed by atoms with E-state index in [0.717, 1.165) is 25.1 Å². The van der Waals surface area contributed by atoms with Crippen LogP contribution >= 0.6 is 11.8 Å². The molecular formula is C27H37NO2S. The third-order valence-corrected chi connectivity index (χ3v) is 7.14. The summed E-state index contributed by atoms with van der Waals surface area (Å²) in [6, 6.07) is 6.81. The third kappa shape index (κ3) is 5.46. The minimum atomic E-state index is -0.832. The molecule has 0 radical (unpaired) electrons. The van der Waals surface area contributed by atoms with E-state index in [0.29, 0.717) is 12.3 Å². The number of aliphatic carboxylic acids is 1. The number of fused-ring (bicyclic) bond motifs is 1. The number of aromatic nitrogens is 1. The number of carbonyl (C=O) groups is 1. The number of hydrogen-bond acceptors (Lipinski definition) is 2. The summed E-state index contributed by atoms with van der Waals surface area (Å²) in [6.45, 7) is 15.6. The first-order valence-electron chi connectivity index (χ1n) is 11.3. The Bertz CT molecular complexity index is 1030. The molecule has 1 aromatic carbocycles. The van der Waals surface area contributed by atoms with Crippen molar-refractivity contribution in [3.8, 4) is 0 Å². The number of thioether (sulfide) groups is 1. The van der Waals surface area contributed by atoms with Crippen molar-refractivity contribution < 1.29 is 9.90 Å². The summed E-state index contributed by atoms with van der Waals surface area (Å²) in [6.07, 6.45) is 9.22. The average molecular weight is 440 g/mol. The van der Waals surface area contributed by atoms with E-state index in [1.807, 2.05) is 25.6 Å². The molecule has 1 N–H and O–H groups in total. The van der Waals surface area contributed by atoms with Gasteiger partial charge in [-0.15, -0.1) is 11.8 Å². The highest BCUT2D eigenvalue weighted by Crippen LogP contribution is 2.44. The zero-order valence-electron chi connectivity index (χ0n) is 20.1. The van der Waals surface area contributed by atoms with Crippen molar-refractivity contribution in [1.29, 1.82) is 0 Å². The Morgan fingerprint density at radius 2 is 1.90 bits per heavy atom. The molecule has 1 aliphatic rings. The monoisotopic (exact) mass is 439 g/mol. The van der Waals surface area contributed by atoms with Crippen molar-refractivity contribution >= 4 is 28.6 Å². The lowest BCUT2D eigenvalue weighted by molar-refractivity contribution is -0.146. The van der Waals surface area contributed by atoms with E-state index in [1.165, 1.54) is 26.9 Å². The van der Waals surface area contributed by atoms with Crippen molar-refractivity contribution in [2.45, 2.75) is 89.8 Å². The highest BCUT2D eigenvalue weighted by atomic mass is 32.2. The Morgan fingerprint density at radius 3 is 2.45 bits per heavy atom. The Labute approximate surface area is 191 Å². The van der Waals surface area contributed by atoms with Gasteiger partial charge in [-0.1, -0.05) is 64.5 Å². The second-order valence-corrected chi connectivity index (χ2v) is 12.5. The molecule has 0 atom stereocenters. The Balaban J connectivity index is 2.28. The molecule has 3 nitrogen and oxygen atoms in total. The van der Waals surface area contributed by atoms with Crippen molar-refractivity contribution in [3.05, 3.63) is 53.3 Å². The fraction of sp³-hybridized carbons (Fsp3) is 0.519. The lowest BCUT2D eigenvalue weighted by atomic mass is 9.88. The minimum absolute atomic E-state index is 0.0297. The van der Waals surface area contributed by atoms with Crippen LogP contribution in [0.5, 0.6) is 0 Å². The summed E-state index contributed by atoms with van der Waals surface area (Å²) in [5.74, 6) is -0.302. The second-order valence-electron chi connectivity index (χ2n) is 10.7. The van der Waals surface area contributed by atoms with E-state index >= 15 is 0 Å². The van der Waals surface area contributed by atoms with E-state index in [2.05, 4.69) is 75.6 Å². The van der Waals surface area contributed by atoms with Gasteiger partial charge in [-0.2, -0.15) is 0 Å². The van der Waals surface area contributed by atoms with E-state index < -0.39 is 11.4 Å². The molecule has 0 bridgehead atoms. The number of carboxylic acids is 1. The van der Waals surface area contributed by atoms with Crippen LogP contribution in [0.2, 0.25) is 0 Å². The number of hydrogen-bond donors (Lipinski definition) is 1. The zero-order valence-corrected chi connectivity index (χ0v) is 20.9. The topological polar surface area (TPSA) is 42.2 Å². The summed E-state index contributed by atoms with van der Waals surface area (Å²) in [5.41, 5.74) is 4.25. The molecule has 4 heteroatoms. The van der Waals surface area contributed by atoms with Gasteiger partial charge in [-0.25, -0.2) is 0 Å². The maximum Gasteiger partial charge on any atom is 0.309 e. The molecule has 1 heterocycles. The number of benzene rings is 1. The highest BCUT2D eigenvalue weighted by molar-refractivity contribution is 8.00. The van der Waals surface area contributed by atoms with Crippen LogP contribution in [0.1, 0.15) is 78.5 Å². The summed E-state index contributed by atoms with van der Waals surface area (Å²) >= 11 is 1.87. The van der Waals surface area contributed by atoms with Gasteiger partial charge in [0, 0.05) is 39.2 Å². The van der Waals surface area contributed by atoms with Crippen LogP contribution in [-0.2, 0) is 17.8 Å². The molecule has 1 aromatic heterocycles. The van der Waals surface area contributed by atoms with Gasteiger partial charge in [-0.05, 0) is 50.3 Å². The number of rotatable bonds is 7. The van der Waals surface area contributed by atoms with Gasteiger partial charge in [0.2, 0.25) is 0 Å². The lowest BCUT2D eigenvalue weighted by Gasteiger charge is -2.24. The van der Waals surface area contributed by atoms with Crippen molar-refractivity contribution in [2.24, 2.45) is 5.41 Å². The van der Waals surface area contributed by atoms with Gasteiger partial charge in [0.25, 0.3) is 0 Å². The summed E-state index contributed by atoms with van der Waals surface area (Å²) in [5, 5.41) is 11.2. The normalized spacial score (nSPS) is 15.0. The maximum atomic E-state index is 12.0. The summed E-state index contributed by atoms with van der Waals surface area (Å²) in [4.78, 5) is 13.3. The molecule has 3 rings (SSSR count). The molecule has 0 saturated carbocycles. The Kier molecular flexibility index (Phi) is 6.81. The fourth-order valence-corrected chi connectivity index (χ4v) is 5.20. The first-order chi connectivity index (χ1) is 14.4. The molecule has 0 fully saturated rings. The number of carboxylic acid groups (broad SMARTS) is 1. The van der Waals surface area contributed by atoms with Gasteiger partial charge in [0.05, 0.1) is 5.41 Å². The van der Waals surface area contributed by atoms with Crippen LogP contribution in [0.4, 0.5) is 0 Å². The van der Waals surface area contributed by atoms with E-state index in [4.69, 9.17) is 0 Å². The molecule has 168 valence electrons. The van der Waals surface area contributed by atoms with Gasteiger partial charge in [0.1, 0.15) is 0 Å². The van der Waals surface area contributed by atoms with Gasteiger partial charge >= 0.3 is 5.97 Å². The zero-order chi connectivity index (χ0) is 23.0. The van der Waals surface area contributed by atoms with Crippen molar-refractivity contribution in [2.75, 3.05) is 0 Å². The standard InChI is InChI=1S/C27H37NO2S/c1-18(2)20-13-14-22-21(15-20)24(31-26(3,4)5)23(16-27(6,7)25(29)30)28(22)17-19-11-9-8-10-12-19/h8-9,11,13-15,18H,10,12,16-17H2,1-7H3,(H,29,30). The number of allylic oxidation sites excluding steroid dienone is 4. The molecule has 2 aromatic rings. The van der Waals surface area contributed by atoms with Crippen LogP contribution in [0.25, 0.3) is 10.9 Å². The van der Waals surface area contributed by atoms with Gasteiger partial charge in [-0.3, -0.25) is 4.79 Å². The molecule has 0 spiro atoms. The molecule has 1 aliphatic carbocycles. The summed E-state index contributed by atoms with van der Waals surface area (Å²) < 4.78 is 2.42. The molecule has 31 heavy (non-hydrogen) atoms. The Morgan fingerprint density at radius 1 is 1.19 bits per heavy atom. The first-order valence-corrected chi connectivity index (χ1v) is 12.1. The number of nitrogens with zero attached hydrogens (tertiary/aromatic N) is 1. The average Bonchev–Trinajstić information content (AvgIpc) is 2.93. The SMILES string of the molecule is CC(C)c1ccc2c(c1)c(SC(C)(C)C)c(CC(C)(C)C(=O)O)n2CC1=CC=CCC1. The highest BCUT2D eigenvalue weighted by Gasteiger charge is 2.32. The smallest absolute Gasteiger partial charge is 0.309 e. The van der Waals surface area contributed by atoms with Crippen LogP contribution in [0.15, 0.2) is 46.9 Å². The van der Waals surface area contributed by atoms with Gasteiger partial charge < -0.3 is 9.67 Å². The quantitative estimate of drug-likeness (QED) is 0.452. The predicted octanol–water partition coefficient (Wildman–Crippen LogP) is 7.59. The molecule has 0 aliphatic heterocycles. The fourth-order valence-electron chi connectivity index (χ4n) is 4.01. The van der Waals surface area contributed by atoms with Crippen LogP contribution in [0, 0.1) is 5.41 Å². The molecule has 0 amide bonds. The molecule has 0 saturated heterocycles. The molecular weight excluding hydrogens is 402 g/mol. The second kappa shape index (κ2) is 8.90. The van der Waals surface area contributed by atoms with Gasteiger partial charge in [0.15, 0.2) is 0 Å². The Hall–Kier alpha value is -1.94. The summed E-state index contributed by atoms with van der Waals surface area (Å²) in [7, 11) is 0. The lowest BCUT2D eigenvalue weighted by Crippen LogP contribution is -2.28. The largest absolute Gasteiger partial charge is 0.481 e. The van der Waals surface area contributed by atoms with E-state index in [-0.39, 0.29) is 4.75 Å². The van der Waals surface area contributed by atoms with E-state index in [1.54, 1.807) is 0 Å². The van der Waals surface area contributed by atoms with Crippen molar-refractivity contribution in [1.82, 2.24) is 4.57 Å². The molecule has 0 unspecified atom stereocenters. The van der Waals surface area contributed by atoms with Crippen molar-refractivity contribution in [3.63, 3.8) is 0 Å². The first kappa shape index (κ1) is 23.7. The minimum Gasteiger partial charge on any atom is -0.481 e. The maximum absolute atomic E-state index is 12.0. The third-order valence-electron chi connectivity index (χ3n) is 5.87. The predicted molar refractivity (Wildman–Crippen MR) is 133 cm³/mol. The van der Waals surface area contributed by atoms with Crippen LogP contribution in [-0.4, -0.2) is 20.4 Å². The van der Waals surface area contributed by atoms with Crippen LogP contribution < -0.4 is 0 Å².